The molecular formula is C22H25N3O4. The van der Waals surface area contributed by atoms with Crippen molar-refractivity contribution in [3.63, 3.8) is 0 Å². The number of piperazine rings is 1. The highest BCUT2D eigenvalue weighted by Gasteiger charge is 2.22. The van der Waals surface area contributed by atoms with E-state index in [2.05, 4.69) is 10.2 Å². The van der Waals surface area contributed by atoms with Crippen LogP contribution in [0.1, 0.15) is 12.5 Å². The smallest absolute Gasteiger partial charge is 0.330 e. The molecule has 0 unspecified atom stereocenters. The van der Waals surface area contributed by atoms with E-state index in [1.54, 1.807) is 42.2 Å². The molecule has 0 bridgehead atoms. The summed E-state index contributed by atoms with van der Waals surface area (Å²) in [6, 6.07) is 14.3. The first kappa shape index (κ1) is 20.3. The van der Waals surface area contributed by atoms with Gasteiger partial charge in [-0.3, -0.25) is 0 Å². The molecule has 0 aromatic heterocycles. The molecule has 0 atom stereocenters. The van der Waals surface area contributed by atoms with Crippen LogP contribution in [0.4, 0.5) is 16.2 Å². The van der Waals surface area contributed by atoms with Crippen LogP contribution < -0.4 is 10.2 Å². The van der Waals surface area contributed by atoms with Crippen molar-refractivity contribution < 1.29 is 19.4 Å². The van der Waals surface area contributed by atoms with Crippen molar-refractivity contribution in [3.05, 3.63) is 60.2 Å². The van der Waals surface area contributed by atoms with E-state index in [0.717, 1.165) is 11.3 Å². The molecule has 1 aliphatic heterocycles. The molecule has 2 aromatic carbocycles. The number of urea groups is 1. The maximum Gasteiger partial charge on any atom is 0.330 e. The number of anilines is 2. The summed E-state index contributed by atoms with van der Waals surface area (Å²) in [5.74, 6) is -0.129. The number of phenolic OH excluding ortho intramolecular Hbond substituents is 1. The number of hydrogen-bond acceptors (Lipinski definition) is 5. The summed E-state index contributed by atoms with van der Waals surface area (Å²) in [7, 11) is 0. The highest BCUT2D eigenvalue weighted by molar-refractivity contribution is 5.90. The third-order valence-electron chi connectivity index (χ3n) is 4.65. The Labute approximate surface area is 170 Å². The molecule has 1 fully saturated rings. The van der Waals surface area contributed by atoms with Crippen LogP contribution in [0, 0.1) is 0 Å². The minimum absolute atomic E-state index is 0.156. The monoisotopic (exact) mass is 395 g/mol. The molecule has 0 radical (unpaired) electrons. The zero-order chi connectivity index (χ0) is 20.6. The van der Waals surface area contributed by atoms with Gasteiger partial charge in [0.25, 0.3) is 0 Å². The summed E-state index contributed by atoms with van der Waals surface area (Å²) in [5.41, 5.74) is 2.32. The van der Waals surface area contributed by atoms with Gasteiger partial charge in [0.2, 0.25) is 0 Å². The molecule has 0 spiro atoms. The number of amides is 2. The molecule has 1 heterocycles. The minimum atomic E-state index is -0.382. The van der Waals surface area contributed by atoms with Gasteiger partial charge in [0.15, 0.2) is 0 Å². The number of esters is 1. The van der Waals surface area contributed by atoms with Crippen molar-refractivity contribution >= 4 is 29.5 Å². The van der Waals surface area contributed by atoms with Gasteiger partial charge in [-0.05, 0) is 42.8 Å². The van der Waals surface area contributed by atoms with Crippen LogP contribution in [0.5, 0.6) is 5.75 Å². The lowest BCUT2D eigenvalue weighted by Crippen LogP contribution is -2.50. The molecule has 2 N–H and O–H groups in total. The number of nitrogens with one attached hydrogen (secondary N) is 1. The number of para-hydroxylation sites is 2. The van der Waals surface area contributed by atoms with E-state index in [-0.39, 0.29) is 17.7 Å². The predicted molar refractivity (Wildman–Crippen MR) is 113 cm³/mol. The van der Waals surface area contributed by atoms with E-state index in [1.165, 1.54) is 6.08 Å². The molecule has 29 heavy (non-hydrogen) atoms. The van der Waals surface area contributed by atoms with Crippen molar-refractivity contribution in [1.82, 2.24) is 4.90 Å². The van der Waals surface area contributed by atoms with Crippen LogP contribution >= 0.6 is 0 Å². The zero-order valence-corrected chi connectivity index (χ0v) is 16.4. The fraction of sp³-hybridized carbons (Fsp3) is 0.273. The molecule has 7 nitrogen and oxygen atoms in total. The Morgan fingerprint density at radius 2 is 1.76 bits per heavy atom. The first-order valence-corrected chi connectivity index (χ1v) is 9.60. The van der Waals surface area contributed by atoms with Crippen LogP contribution in [0.15, 0.2) is 54.6 Å². The molecule has 152 valence electrons. The van der Waals surface area contributed by atoms with Crippen molar-refractivity contribution in [3.8, 4) is 5.75 Å². The van der Waals surface area contributed by atoms with Gasteiger partial charge in [0.05, 0.1) is 12.3 Å². The van der Waals surface area contributed by atoms with Gasteiger partial charge in [0, 0.05) is 37.9 Å². The molecule has 2 amide bonds. The molecule has 1 saturated heterocycles. The van der Waals surface area contributed by atoms with Crippen molar-refractivity contribution in [1.29, 1.82) is 0 Å². The number of carbonyl (C=O) groups is 2. The van der Waals surface area contributed by atoms with E-state index in [9.17, 15) is 14.7 Å². The molecule has 2 aromatic rings. The Morgan fingerprint density at radius 1 is 1.07 bits per heavy atom. The number of ether oxygens (including phenoxy) is 1. The molecule has 1 aliphatic rings. The lowest BCUT2D eigenvalue weighted by molar-refractivity contribution is -0.137. The van der Waals surface area contributed by atoms with Crippen LogP contribution in [0.3, 0.4) is 0 Å². The normalized spacial score (nSPS) is 14.1. The Kier molecular flexibility index (Phi) is 6.73. The largest absolute Gasteiger partial charge is 0.506 e. The maximum absolute atomic E-state index is 12.5. The molecule has 7 heteroatoms. The van der Waals surface area contributed by atoms with Gasteiger partial charge in [-0.1, -0.05) is 24.3 Å². The van der Waals surface area contributed by atoms with Gasteiger partial charge >= 0.3 is 12.0 Å². The highest BCUT2D eigenvalue weighted by atomic mass is 16.5. The summed E-state index contributed by atoms with van der Waals surface area (Å²) in [6.07, 6.45) is 3.04. The number of benzene rings is 2. The van der Waals surface area contributed by atoms with Crippen molar-refractivity contribution in [2.75, 3.05) is 43.0 Å². The molecule has 0 aliphatic carbocycles. The highest BCUT2D eigenvalue weighted by Crippen LogP contribution is 2.27. The van der Waals surface area contributed by atoms with Gasteiger partial charge < -0.3 is 25.0 Å². The van der Waals surface area contributed by atoms with E-state index in [0.29, 0.717) is 38.5 Å². The second-order valence-corrected chi connectivity index (χ2v) is 6.60. The Hall–Kier alpha value is -3.48. The van der Waals surface area contributed by atoms with E-state index < -0.39 is 0 Å². The first-order valence-electron chi connectivity index (χ1n) is 9.60. The van der Waals surface area contributed by atoms with Gasteiger partial charge in [0.1, 0.15) is 5.75 Å². The average molecular weight is 395 g/mol. The first-order chi connectivity index (χ1) is 14.1. The quantitative estimate of drug-likeness (QED) is 0.600. The second kappa shape index (κ2) is 9.64. The molecule has 0 saturated carbocycles. The fourth-order valence-electron chi connectivity index (χ4n) is 3.12. The van der Waals surface area contributed by atoms with Gasteiger partial charge in [-0.15, -0.1) is 0 Å². The summed E-state index contributed by atoms with van der Waals surface area (Å²) >= 11 is 0. The molecule has 3 rings (SSSR count). The Balaban J connectivity index is 1.51. The standard InChI is InChI=1S/C22H25N3O4/c1-2-29-21(27)12-9-17-7-10-18(11-8-17)23-22(28)25-15-13-24(14-16-25)19-5-3-4-6-20(19)26/h3-12,26H,2,13-16H2,1H3,(H,23,28)/b12-9+. The van der Waals surface area contributed by atoms with Crippen LogP contribution in [0.25, 0.3) is 6.08 Å². The number of phenols is 1. The van der Waals surface area contributed by atoms with Crippen molar-refractivity contribution in [2.45, 2.75) is 6.92 Å². The maximum atomic E-state index is 12.5. The molecular weight excluding hydrogens is 370 g/mol. The van der Waals surface area contributed by atoms with Crippen LogP contribution in [-0.4, -0.2) is 54.8 Å². The summed E-state index contributed by atoms with van der Waals surface area (Å²) in [4.78, 5) is 27.7. The number of rotatable bonds is 5. The summed E-state index contributed by atoms with van der Waals surface area (Å²) < 4.78 is 4.84. The van der Waals surface area contributed by atoms with Gasteiger partial charge in [-0.25, -0.2) is 9.59 Å². The van der Waals surface area contributed by atoms with Crippen molar-refractivity contribution in [2.24, 2.45) is 0 Å². The number of hydrogen-bond donors (Lipinski definition) is 2. The second-order valence-electron chi connectivity index (χ2n) is 6.60. The predicted octanol–water partition coefficient (Wildman–Crippen LogP) is 3.32. The van der Waals surface area contributed by atoms with Crippen LogP contribution in [-0.2, 0) is 9.53 Å². The third-order valence-corrected chi connectivity index (χ3v) is 4.65. The zero-order valence-electron chi connectivity index (χ0n) is 16.4. The van der Waals surface area contributed by atoms with E-state index in [4.69, 9.17) is 4.74 Å². The minimum Gasteiger partial charge on any atom is -0.506 e. The number of nitrogens with zero attached hydrogens (tertiary/aromatic N) is 2. The average Bonchev–Trinajstić information content (AvgIpc) is 2.74. The number of aromatic hydroxyl groups is 1. The van der Waals surface area contributed by atoms with Gasteiger partial charge in [-0.2, -0.15) is 0 Å². The lowest BCUT2D eigenvalue weighted by atomic mass is 10.2. The topological polar surface area (TPSA) is 82.1 Å². The Bertz CT molecular complexity index is 872. The summed E-state index contributed by atoms with van der Waals surface area (Å²) in [5, 5.41) is 12.9. The lowest BCUT2D eigenvalue weighted by Gasteiger charge is -2.36. The Morgan fingerprint density at radius 3 is 2.41 bits per heavy atom. The van der Waals surface area contributed by atoms with E-state index in [1.807, 2.05) is 24.3 Å². The number of carbonyl (C=O) groups excluding carboxylic acids is 2. The fourth-order valence-corrected chi connectivity index (χ4v) is 3.12. The summed E-state index contributed by atoms with van der Waals surface area (Å²) in [6.45, 7) is 4.55. The van der Waals surface area contributed by atoms with Crippen LogP contribution in [0.2, 0.25) is 0 Å². The van der Waals surface area contributed by atoms with E-state index >= 15 is 0 Å². The third kappa shape index (κ3) is 5.51. The SMILES string of the molecule is CCOC(=O)/C=C/c1ccc(NC(=O)N2CCN(c3ccccc3O)CC2)cc1.